The van der Waals surface area contributed by atoms with E-state index in [1.165, 1.54) is 0 Å². The van der Waals surface area contributed by atoms with E-state index in [0.29, 0.717) is 17.1 Å². The molecule has 4 heteroatoms. The Labute approximate surface area is 137 Å². The largest absolute Gasteiger partial charge is 0.497 e. The number of hydrogen-bond donors (Lipinski definition) is 0. The third-order valence-corrected chi connectivity index (χ3v) is 3.65. The molecule has 2 rings (SSSR count). The van der Waals surface area contributed by atoms with Crippen LogP contribution in [0.4, 0.5) is 0 Å². The normalized spacial score (nSPS) is 10.6. The molecule has 0 atom stereocenters. The fourth-order valence-corrected chi connectivity index (χ4v) is 2.17. The molecule has 0 saturated heterocycles. The van der Waals surface area contributed by atoms with Crippen LogP contribution in [0.2, 0.25) is 0 Å². The minimum Gasteiger partial charge on any atom is -0.497 e. The Morgan fingerprint density at radius 3 is 2.10 bits per heavy atom. The maximum absolute atomic E-state index is 12.1. The van der Waals surface area contributed by atoms with Crippen molar-refractivity contribution >= 4 is 34.5 Å². The number of carbonyl (C=O) groups is 1. The zero-order valence-corrected chi connectivity index (χ0v) is 14.0. The quantitative estimate of drug-likeness (QED) is 0.433. The molecule has 0 radical (unpaired) electrons. The van der Waals surface area contributed by atoms with Gasteiger partial charge in [-0.2, -0.15) is 0 Å². The number of methoxy groups -OCH3 is 2. The predicted octanol–water partition coefficient (Wildman–Crippen LogP) is 4.20. The molecular weight excluding hydrogens is 379 g/mol. The summed E-state index contributed by atoms with van der Waals surface area (Å²) >= 11 is 2.21. The third-order valence-electron chi connectivity index (χ3n) is 2.93. The van der Waals surface area contributed by atoms with Gasteiger partial charge in [0.1, 0.15) is 11.5 Å². The van der Waals surface area contributed by atoms with Gasteiger partial charge in [-0.1, -0.05) is 18.2 Å². The average molecular weight is 394 g/mol. The molecule has 0 bridgehead atoms. The molecular formula is C17H15IO3. The lowest BCUT2D eigenvalue weighted by Gasteiger charge is -2.05. The van der Waals surface area contributed by atoms with Crippen molar-refractivity contribution in [2.45, 2.75) is 0 Å². The van der Waals surface area contributed by atoms with Crippen molar-refractivity contribution in [3.8, 4) is 11.5 Å². The first-order valence-electron chi connectivity index (χ1n) is 6.33. The van der Waals surface area contributed by atoms with Gasteiger partial charge in [0.25, 0.3) is 0 Å². The number of ketones is 1. The molecule has 2 aromatic rings. The molecule has 0 saturated carbocycles. The van der Waals surface area contributed by atoms with Gasteiger partial charge in [-0.25, -0.2) is 0 Å². The summed E-state index contributed by atoms with van der Waals surface area (Å²) in [4.78, 5) is 12.1. The van der Waals surface area contributed by atoms with Crippen molar-refractivity contribution in [3.63, 3.8) is 0 Å². The average Bonchev–Trinajstić information content (AvgIpc) is 2.52. The molecule has 0 spiro atoms. The van der Waals surface area contributed by atoms with Gasteiger partial charge in [0, 0.05) is 15.2 Å². The molecule has 0 amide bonds. The van der Waals surface area contributed by atoms with E-state index in [2.05, 4.69) is 22.6 Å². The van der Waals surface area contributed by atoms with Gasteiger partial charge in [-0.3, -0.25) is 4.79 Å². The van der Waals surface area contributed by atoms with Crippen molar-refractivity contribution in [3.05, 3.63) is 63.2 Å². The van der Waals surface area contributed by atoms with E-state index >= 15 is 0 Å². The summed E-state index contributed by atoms with van der Waals surface area (Å²) in [6, 6.07) is 13.0. The minimum absolute atomic E-state index is 0.0341. The molecule has 0 fully saturated rings. The molecule has 108 valence electrons. The zero-order valence-electron chi connectivity index (χ0n) is 11.8. The fourth-order valence-electron chi connectivity index (χ4n) is 1.81. The predicted molar refractivity (Wildman–Crippen MR) is 92.1 cm³/mol. The Morgan fingerprint density at radius 1 is 1.00 bits per heavy atom. The van der Waals surface area contributed by atoms with Gasteiger partial charge in [0.05, 0.1) is 14.2 Å². The van der Waals surface area contributed by atoms with E-state index in [1.807, 2.05) is 36.4 Å². The van der Waals surface area contributed by atoms with Crippen LogP contribution in [0.3, 0.4) is 0 Å². The van der Waals surface area contributed by atoms with Crippen LogP contribution in [0, 0.1) is 3.57 Å². The van der Waals surface area contributed by atoms with Gasteiger partial charge in [-0.15, -0.1) is 0 Å². The summed E-state index contributed by atoms with van der Waals surface area (Å²) in [6.07, 6.45) is 3.31. The van der Waals surface area contributed by atoms with E-state index in [0.717, 1.165) is 9.13 Å². The Morgan fingerprint density at radius 2 is 1.57 bits per heavy atom. The van der Waals surface area contributed by atoms with E-state index in [4.69, 9.17) is 9.47 Å². The third kappa shape index (κ3) is 4.32. The van der Waals surface area contributed by atoms with Crippen LogP contribution in [0.25, 0.3) is 6.08 Å². The molecule has 0 heterocycles. The monoisotopic (exact) mass is 394 g/mol. The smallest absolute Gasteiger partial charge is 0.185 e. The first-order valence-corrected chi connectivity index (χ1v) is 7.41. The van der Waals surface area contributed by atoms with Crippen molar-refractivity contribution in [2.75, 3.05) is 14.2 Å². The van der Waals surface area contributed by atoms with Gasteiger partial charge in [-0.05, 0) is 58.5 Å². The lowest BCUT2D eigenvalue weighted by molar-refractivity contribution is 0.104. The van der Waals surface area contributed by atoms with Gasteiger partial charge in [0.15, 0.2) is 5.78 Å². The molecule has 0 aliphatic carbocycles. The molecule has 0 aromatic heterocycles. The van der Waals surface area contributed by atoms with Gasteiger partial charge < -0.3 is 9.47 Å². The van der Waals surface area contributed by atoms with Crippen LogP contribution in [-0.2, 0) is 0 Å². The lowest BCUT2D eigenvalue weighted by atomic mass is 10.1. The number of carbonyl (C=O) groups excluding carboxylic acids is 1. The highest BCUT2D eigenvalue weighted by Crippen LogP contribution is 2.23. The molecule has 21 heavy (non-hydrogen) atoms. The van der Waals surface area contributed by atoms with Crippen molar-refractivity contribution in [2.24, 2.45) is 0 Å². The highest BCUT2D eigenvalue weighted by molar-refractivity contribution is 14.1. The molecule has 0 unspecified atom stereocenters. The maximum atomic E-state index is 12.1. The standard InChI is InChI=1S/C17H15IO3/c1-20-15-9-12(10-16(11-15)21-2)3-8-17(19)13-4-6-14(18)7-5-13/h3-11H,1-2H3/b8-3+. The summed E-state index contributed by atoms with van der Waals surface area (Å²) < 4.78 is 11.5. The molecule has 0 aliphatic heterocycles. The number of halogens is 1. The van der Waals surface area contributed by atoms with Crippen LogP contribution in [0.15, 0.2) is 48.5 Å². The first-order chi connectivity index (χ1) is 10.1. The second kappa shape index (κ2) is 7.26. The summed E-state index contributed by atoms with van der Waals surface area (Å²) in [5.74, 6) is 1.35. The molecule has 2 aromatic carbocycles. The minimum atomic E-state index is -0.0341. The van der Waals surface area contributed by atoms with E-state index < -0.39 is 0 Å². The molecule has 0 N–H and O–H groups in total. The van der Waals surface area contributed by atoms with Crippen LogP contribution >= 0.6 is 22.6 Å². The summed E-state index contributed by atoms with van der Waals surface area (Å²) in [6.45, 7) is 0. The topological polar surface area (TPSA) is 35.5 Å². The van der Waals surface area contributed by atoms with Crippen molar-refractivity contribution in [1.29, 1.82) is 0 Å². The second-order valence-corrected chi connectivity index (χ2v) is 5.60. The Kier molecular flexibility index (Phi) is 5.38. The van der Waals surface area contributed by atoms with Crippen LogP contribution < -0.4 is 9.47 Å². The Bertz CT molecular complexity index is 638. The lowest BCUT2D eigenvalue weighted by Crippen LogP contribution is -1.94. The Balaban J connectivity index is 2.20. The summed E-state index contributed by atoms with van der Waals surface area (Å²) in [5.41, 5.74) is 1.52. The van der Waals surface area contributed by atoms with Crippen LogP contribution in [0.5, 0.6) is 11.5 Å². The first kappa shape index (κ1) is 15.6. The van der Waals surface area contributed by atoms with Crippen molar-refractivity contribution < 1.29 is 14.3 Å². The van der Waals surface area contributed by atoms with Crippen LogP contribution in [0.1, 0.15) is 15.9 Å². The van der Waals surface area contributed by atoms with Gasteiger partial charge in [0.2, 0.25) is 0 Å². The fraction of sp³-hybridized carbons (Fsp3) is 0.118. The number of hydrogen-bond acceptors (Lipinski definition) is 3. The molecule has 3 nitrogen and oxygen atoms in total. The number of rotatable bonds is 5. The van der Waals surface area contributed by atoms with E-state index in [9.17, 15) is 4.79 Å². The second-order valence-electron chi connectivity index (χ2n) is 4.35. The Hall–Kier alpha value is -1.82. The number of allylic oxidation sites excluding steroid dienone is 1. The highest BCUT2D eigenvalue weighted by Gasteiger charge is 2.03. The van der Waals surface area contributed by atoms with Crippen molar-refractivity contribution in [1.82, 2.24) is 0 Å². The summed E-state index contributed by atoms with van der Waals surface area (Å²) in [7, 11) is 3.19. The maximum Gasteiger partial charge on any atom is 0.185 e. The van der Waals surface area contributed by atoms with E-state index in [1.54, 1.807) is 32.4 Å². The van der Waals surface area contributed by atoms with E-state index in [-0.39, 0.29) is 5.78 Å². The zero-order chi connectivity index (χ0) is 15.2. The van der Waals surface area contributed by atoms with Crippen LogP contribution in [-0.4, -0.2) is 20.0 Å². The van der Waals surface area contributed by atoms with Gasteiger partial charge >= 0.3 is 0 Å². The number of ether oxygens (including phenoxy) is 2. The highest BCUT2D eigenvalue weighted by atomic mass is 127. The molecule has 0 aliphatic rings. The SMILES string of the molecule is COc1cc(/C=C/C(=O)c2ccc(I)cc2)cc(OC)c1. The number of benzene rings is 2. The summed E-state index contributed by atoms with van der Waals surface area (Å²) in [5, 5.41) is 0.